The van der Waals surface area contributed by atoms with Crippen molar-refractivity contribution < 1.29 is 14.6 Å². The number of carboxylic acids is 1. The Balaban J connectivity index is 2.35. The third kappa shape index (κ3) is 5.06. The van der Waals surface area contributed by atoms with Crippen LogP contribution in [0, 0.1) is 6.92 Å². The average Bonchev–Trinajstić information content (AvgIpc) is 2.47. The van der Waals surface area contributed by atoms with Gasteiger partial charge in [-0.3, -0.25) is 4.99 Å². The van der Waals surface area contributed by atoms with Gasteiger partial charge in [-0.05, 0) is 52.7 Å². The van der Waals surface area contributed by atoms with E-state index >= 15 is 0 Å². The zero-order valence-electron chi connectivity index (χ0n) is 12.0. The molecule has 23 heavy (non-hydrogen) atoms. The number of hydrogen-bond donors (Lipinski definition) is 1. The van der Waals surface area contributed by atoms with E-state index in [9.17, 15) is 4.79 Å². The lowest BCUT2D eigenvalue weighted by atomic mass is 10.2. The zero-order valence-corrected chi connectivity index (χ0v) is 15.9. The van der Waals surface area contributed by atoms with Crippen molar-refractivity contribution in [1.82, 2.24) is 0 Å². The molecular weight excluding hydrogens is 449 g/mol. The van der Waals surface area contributed by atoms with E-state index < -0.39 is 12.6 Å². The maximum Gasteiger partial charge on any atom is 0.341 e. The lowest BCUT2D eigenvalue weighted by Gasteiger charge is -2.10. The average molecular weight is 462 g/mol. The van der Waals surface area contributed by atoms with Crippen LogP contribution >= 0.6 is 43.5 Å². The highest BCUT2D eigenvalue weighted by Gasteiger charge is 2.11. The number of carbonyl (C=O) groups is 1. The van der Waals surface area contributed by atoms with Gasteiger partial charge in [-0.1, -0.05) is 33.6 Å². The molecule has 2 aromatic carbocycles. The van der Waals surface area contributed by atoms with Crippen LogP contribution in [-0.2, 0) is 4.79 Å². The second-order valence-corrected chi connectivity index (χ2v) is 6.86. The van der Waals surface area contributed by atoms with Crippen molar-refractivity contribution in [1.29, 1.82) is 0 Å². The summed E-state index contributed by atoms with van der Waals surface area (Å²) in [4.78, 5) is 15.1. The molecule has 0 aliphatic carbocycles. The number of halogens is 3. The van der Waals surface area contributed by atoms with Crippen molar-refractivity contribution in [2.45, 2.75) is 6.92 Å². The molecule has 2 rings (SSSR count). The first-order valence-corrected chi connectivity index (χ1v) is 8.47. The van der Waals surface area contributed by atoms with Crippen molar-refractivity contribution in [3.63, 3.8) is 0 Å². The fourth-order valence-electron chi connectivity index (χ4n) is 1.77. The van der Waals surface area contributed by atoms with Crippen LogP contribution in [0.5, 0.6) is 5.75 Å². The van der Waals surface area contributed by atoms with E-state index in [-0.39, 0.29) is 0 Å². The molecule has 0 radical (unpaired) electrons. The SMILES string of the molecule is Cc1ccc(N=Cc2cc(Br)cc(Br)c2OCC(=O)O)cc1Cl. The Kier molecular flexibility index (Phi) is 6.21. The quantitative estimate of drug-likeness (QED) is 0.608. The summed E-state index contributed by atoms with van der Waals surface area (Å²) in [6.07, 6.45) is 1.60. The number of rotatable bonds is 5. The molecule has 0 bridgehead atoms. The molecule has 0 fully saturated rings. The Morgan fingerprint density at radius 1 is 1.35 bits per heavy atom. The van der Waals surface area contributed by atoms with E-state index in [1.165, 1.54) is 0 Å². The van der Waals surface area contributed by atoms with Gasteiger partial charge in [-0.2, -0.15) is 0 Å². The first kappa shape index (κ1) is 18.0. The summed E-state index contributed by atoms with van der Waals surface area (Å²) in [5, 5.41) is 9.41. The molecule has 7 heteroatoms. The van der Waals surface area contributed by atoms with Crippen molar-refractivity contribution in [3.05, 3.63) is 55.4 Å². The van der Waals surface area contributed by atoms with Crippen LogP contribution in [0.2, 0.25) is 5.02 Å². The molecule has 0 saturated heterocycles. The summed E-state index contributed by atoms with van der Waals surface area (Å²) in [5.41, 5.74) is 2.31. The van der Waals surface area contributed by atoms with E-state index in [0.29, 0.717) is 26.5 Å². The molecule has 0 amide bonds. The first-order valence-electron chi connectivity index (χ1n) is 6.50. The fraction of sp³-hybridized carbons (Fsp3) is 0.125. The lowest BCUT2D eigenvalue weighted by molar-refractivity contribution is -0.139. The highest BCUT2D eigenvalue weighted by Crippen LogP contribution is 2.32. The topological polar surface area (TPSA) is 58.9 Å². The molecule has 0 atom stereocenters. The minimum absolute atomic E-state index is 0.414. The van der Waals surface area contributed by atoms with E-state index in [1.54, 1.807) is 24.4 Å². The zero-order chi connectivity index (χ0) is 17.0. The molecule has 0 spiro atoms. The maximum absolute atomic E-state index is 10.7. The van der Waals surface area contributed by atoms with Crippen molar-refractivity contribution in [2.75, 3.05) is 6.61 Å². The summed E-state index contributed by atoms with van der Waals surface area (Å²) >= 11 is 12.8. The van der Waals surface area contributed by atoms with Crippen LogP contribution in [0.3, 0.4) is 0 Å². The highest BCUT2D eigenvalue weighted by molar-refractivity contribution is 9.11. The first-order chi connectivity index (χ1) is 10.9. The predicted octanol–water partition coefficient (Wildman–Crippen LogP) is 5.39. The van der Waals surface area contributed by atoms with Gasteiger partial charge in [0.05, 0.1) is 10.2 Å². The van der Waals surface area contributed by atoms with Gasteiger partial charge in [-0.15, -0.1) is 0 Å². The third-order valence-corrected chi connectivity index (χ3v) is 4.34. The standard InChI is InChI=1S/C16H12Br2ClNO3/c1-9-2-3-12(6-14(9)19)20-7-10-4-11(17)5-13(18)16(10)23-8-15(21)22/h2-7H,8H2,1H3,(H,21,22). The number of aliphatic imine (C=N–C) groups is 1. The minimum Gasteiger partial charge on any atom is -0.480 e. The van der Waals surface area contributed by atoms with Crippen LogP contribution in [0.1, 0.15) is 11.1 Å². The van der Waals surface area contributed by atoms with Crippen LogP contribution in [0.15, 0.2) is 44.3 Å². The van der Waals surface area contributed by atoms with Gasteiger partial charge in [0.25, 0.3) is 0 Å². The van der Waals surface area contributed by atoms with Crippen molar-refractivity contribution in [2.24, 2.45) is 4.99 Å². The molecule has 1 N–H and O–H groups in total. The molecule has 0 saturated carbocycles. The molecule has 0 aliphatic rings. The molecular formula is C16H12Br2ClNO3. The second kappa shape index (κ2) is 7.95. The number of nitrogens with zero attached hydrogens (tertiary/aromatic N) is 1. The number of aryl methyl sites for hydroxylation is 1. The highest BCUT2D eigenvalue weighted by atomic mass is 79.9. The van der Waals surface area contributed by atoms with Crippen LogP contribution in [0.25, 0.3) is 0 Å². The summed E-state index contributed by atoms with van der Waals surface area (Å²) < 4.78 is 6.78. The monoisotopic (exact) mass is 459 g/mol. The fourth-order valence-corrected chi connectivity index (χ4v) is 3.32. The molecule has 4 nitrogen and oxygen atoms in total. The lowest BCUT2D eigenvalue weighted by Crippen LogP contribution is -2.11. The van der Waals surface area contributed by atoms with Gasteiger partial charge in [0.2, 0.25) is 0 Å². The summed E-state index contributed by atoms with van der Waals surface area (Å²) in [6, 6.07) is 9.06. The minimum atomic E-state index is -1.05. The van der Waals surface area contributed by atoms with Gasteiger partial charge in [-0.25, -0.2) is 4.79 Å². The number of ether oxygens (including phenoxy) is 1. The molecule has 0 aromatic heterocycles. The largest absolute Gasteiger partial charge is 0.480 e. The number of aliphatic carboxylic acids is 1. The van der Waals surface area contributed by atoms with Crippen molar-refractivity contribution in [3.8, 4) is 5.75 Å². The smallest absolute Gasteiger partial charge is 0.341 e. The van der Waals surface area contributed by atoms with E-state index in [0.717, 1.165) is 10.0 Å². The Hall–Kier alpha value is -1.37. The van der Waals surface area contributed by atoms with Gasteiger partial charge in [0, 0.05) is 21.3 Å². The van der Waals surface area contributed by atoms with Gasteiger partial charge in [0.1, 0.15) is 5.75 Å². The van der Waals surface area contributed by atoms with Crippen molar-refractivity contribution >= 4 is 61.3 Å². The molecule has 0 aliphatic heterocycles. The van der Waals surface area contributed by atoms with E-state index in [1.807, 2.05) is 19.1 Å². The Labute approximate surface area is 155 Å². The normalized spacial score (nSPS) is 11.0. The summed E-state index contributed by atoms with van der Waals surface area (Å²) in [5.74, 6) is -0.634. The Morgan fingerprint density at radius 3 is 2.74 bits per heavy atom. The number of carboxylic acid groups (broad SMARTS) is 1. The maximum atomic E-state index is 10.7. The Bertz CT molecular complexity index is 778. The van der Waals surface area contributed by atoms with Crippen LogP contribution in [0.4, 0.5) is 5.69 Å². The Morgan fingerprint density at radius 2 is 2.09 bits per heavy atom. The second-order valence-electron chi connectivity index (χ2n) is 4.68. The third-order valence-electron chi connectivity index (χ3n) is 2.89. The molecule has 120 valence electrons. The summed E-state index contributed by atoms with van der Waals surface area (Å²) in [6.45, 7) is 1.48. The van der Waals surface area contributed by atoms with Crippen LogP contribution in [-0.4, -0.2) is 23.9 Å². The van der Waals surface area contributed by atoms with Crippen LogP contribution < -0.4 is 4.74 Å². The van der Waals surface area contributed by atoms with Gasteiger partial charge >= 0.3 is 5.97 Å². The molecule has 0 heterocycles. The molecule has 0 unspecified atom stereocenters. The number of benzene rings is 2. The predicted molar refractivity (Wildman–Crippen MR) is 98.4 cm³/mol. The van der Waals surface area contributed by atoms with Gasteiger partial charge < -0.3 is 9.84 Å². The van der Waals surface area contributed by atoms with E-state index in [2.05, 4.69) is 36.9 Å². The van der Waals surface area contributed by atoms with Gasteiger partial charge in [0.15, 0.2) is 6.61 Å². The summed E-state index contributed by atoms with van der Waals surface area (Å²) in [7, 11) is 0. The van der Waals surface area contributed by atoms with E-state index in [4.69, 9.17) is 21.4 Å². The molecule has 2 aromatic rings. The number of hydrogen-bond acceptors (Lipinski definition) is 3.